The SMILES string of the molecule is COc1cc(-c2cc(C)c3c(c2C(C)C)CCC3)ccn1.Cc1cc(-c2ccnc(C#N)c2)c(C(C)C)c(C(C)C)c1.Cc1cc(-c2ccncc2)c(C(C)C)c2c1CCC2. The van der Waals surface area contributed by atoms with Crippen LogP contribution < -0.4 is 4.74 Å². The van der Waals surface area contributed by atoms with Crippen molar-refractivity contribution in [1.29, 1.82) is 5.26 Å². The van der Waals surface area contributed by atoms with E-state index in [2.05, 4.69) is 140 Å². The lowest BCUT2D eigenvalue weighted by atomic mass is 9.83. The van der Waals surface area contributed by atoms with Gasteiger partial charge in [-0.05, 0) is 202 Å². The smallest absolute Gasteiger partial charge is 0.213 e. The Bertz CT molecular complexity index is 2520. The van der Waals surface area contributed by atoms with Crippen LogP contribution in [-0.2, 0) is 25.7 Å². The molecular weight excluding hydrogens is 745 g/mol. The van der Waals surface area contributed by atoms with Gasteiger partial charge in [0.15, 0.2) is 0 Å². The van der Waals surface area contributed by atoms with E-state index < -0.39 is 0 Å². The third kappa shape index (κ3) is 9.97. The molecule has 2 aliphatic rings. The molecule has 0 spiro atoms. The summed E-state index contributed by atoms with van der Waals surface area (Å²) in [6.45, 7) is 24.8. The van der Waals surface area contributed by atoms with Gasteiger partial charge in [0.05, 0.1) is 7.11 Å². The van der Waals surface area contributed by atoms with Gasteiger partial charge in [-0.25, -0.2) is 9.97 Å². The normalized spacial score (nSPS) is 12.8. The van der Waals surface area contributed by atoms with E-state index in [1.807, 2.05) is 36.8 Å². The first-order valence-electron chi connectivity index (χ1n) is 22.5. The van der Waals surface area contributed by atoms with Gasteiger partial charge in [-0.15, -0.1) is 0 Å². The van der Waals surface area contributed by atoms with Gasteiger partial charge in [0.1, 0.15) is 11.8 Å². The molecule has 0 bridgehead atoms. The van der Waals surface area contributed by atoms with Crippen LogP contribution in [0, 0.1) is 32.1 Å². The van der Waals surface area contributed by atoms with Gasteiger partial charge in [-0.2, -0.15) is 5.26 Å². The lowest BCUT2D eigenvalue weighted by Crippen LogP contribution is -2.03. The van der Waals surface area contributed by atoms with E-state index in [1.165, 1.54) is 99.7 Å². The predicted octanol–water partition coefficient (Wildman–Crippen LogP) is 14.5. The zero-order valence-electron chi connectivity index (χ0n) is 38.8. The van der Waals surface area contributed by atoms with Crippen LogP contribution in [0.25, 0.3) is 33.4 Å². The van der Waals surface area contributed by atoms with E-state index in [9.17, 15) is 0 Å². The van der Waals surface area contributed by atoms with E-state index in [-0.39, 0.29) is 0 Å². The number of aromatic nitrogens is 3. The van der Waals surface area contributed by atoms with Crippen LogP contribution in [0.4, 0.5) is 0 Å². The molecule has 0 fully saturated rings. The minimum atomic E-state index is 0.441. The predicted molar refractivity (Wildman–Crippen MR) is 255 cm³/mol. The third-order valence-electron chi connectivity index (χ3n) is 12.5. The number of benzene rings is 3. The summed E-state index contributed by atoms with van der Waals surface area (Å²) in [5.74, 6) is 2.72. The molecule has 0 atom stereocenters. The molecule has 0 amide bonds. The van der Waals surface area contributed by atoms with E-state index in [1.54, 1.807) is 41.1 Å². The monoisotopic (exact) mass is 811 g/mol. The van der Waals surface area contributed by atoms with Crippen molar-refractivity contribution in [3.63, 3.8) is 0 Å². The largest absolute Gasteiger partial charge is 0.481 e. The summed E-state index contributed by atoms with van der Waals surface area (Å²) >= 11 is 0. The molecule has 2 aliphatic carbocycles. The van der Waals surface area contributed by atoms with Crippen molar-refractivity contribution in [2.75, 3.05) is 7.11 Å². The van der Waals surface area contributed by atoms with Gasteiger partial charge in [0.25, 0.3) is 0 Å². The Labute approximate surface area is 366 Å². The molecule has 0 saturated heterocycles. The highest BCUT2D eigenvalue weighted by molar-refractivity contribution is 5.74. The second-order valence-electron chi connectivity index (χ2n) is 18.2. The van der Waals surface area contributed by atoms with Crippen molar-refractivity contribution < 1.29 is 4.74 Å². The quantitative estimate of drug-likeness (QED) is 0.153. The van der Waals surface area contributed by atoms with Crippen molar-refractivity contribution >= 4 is 0 Å². The number of hydrogen-bond acceptors (Lipinski definition) is 5. The Balaban J connectivity index is 0.000000153. The summed E-state index contributed by atoms with van der Waals surface area (Å²) in [4.78, 5) is 12.4. The molecule has 0 unspecified atom stereocenters. The summed E-state index contributed by atoms with van der Waals surface area (Å²) in [7, 11) is 1.67. The molecular formula is C56H66N4O. The second kappa shape index (κ2) is 19.9. The Morgan fingerprint density at radius 3 is 1.51 bits per heavy atom. The van der Waals surface area contributed by atoms with Crippen LogP contribution >= 0.6 is 0 Å². The minimum absolute atomic E-state index is 0.441. The van der Waals surface area contributed by atoms with Gasteiger partial charge in [-0.1, -0.05) is 85.2 Å². The minimum Gasteiger partial charge on any atom is -0.481 e. The highest BCUT2D eigenvalue weighted by atomic mass is 16.5. The number of hydrogen-bond donors (Lipinski definition) is 0. The molecule has 5 heteroatoms. The number of pyridine rings is 3. The molecule has 0 aliphatic heterocycles. The third-order valence-corrected chi connectivity index (χ3v) is 12.5. The Kier molecular flexibility index (Phi) is 14.6. The second-order valence-corrected chi connectivity index (χ2v) is 18.2. The summed E-state index contributed by atoms with van der Waals surface area (Å²) in [5, 5.41) is 9.07. The number of nitriles is 1. The first kappa shape index (κ1) is 44.9. The van der Waals surface area contributed by atoms with E-state index in [0.717, 1.165) is 5.56 Å². The average Bonchev–Trinajstić information content (AvgIpc) is 3.95. The number of aryl methyl sites for hydroxylation is 3. The molecule has 3 heterocycles. The van der Waals surface area contributed by atoms with E-state index in [0.29, 0.717) is 35.2 Å². The Hall–Kier alpha value is -5.60. The van der Waals surface area contributed by atoms with Crippen molar-refractivity contribution in [3.8, 4) is 45.3 Å². The van der Waals surface area contributed by atoms with Crippen molar-refractivity contribution in [2.45, 2.75) is 138 Å². The molecule has 316 valence electrons. The number of rotatable bonds is 8. The lowest BCUT2D eigenvalue weighted by molar-refractivity contribution is 0.398. The van der Waals surface area contributed by atoms with Crippen molar-refractivity contribution in [1.82, 2.24) is 15.0 Å². The van der Waals surface area contributed by atoms with Crippen LogP contribution in [0.2, 0.25) is 0 Å². The number of nitrogens with zero attached hydrogens (tertiary/aromatic N) is 4. The van der Waals surface area contributed by atoms with Crippen molar-refractivity contribution in [3.05, 3.63) is 152 Å². The van der Waals surface area contributed by atoms with Crippen LogP contribution in [0.1, 0.15) is 159 Å². The topological polar surface area (TPSA) is 71.7 Å². The maximum Gasteiger partial charge on any atom is 0.213 e. The fourth-order valence-electron chi connectivity index (χ4n) is 9.90. The van der Waals surface area contributed by atoms with Gasteiger partial charge in [0.2, 0.25) is 5.88 Å². The Morgan fingerprint density at radius 1 is 0.525 bits per heavy atom. The van der Waals surface area contributed by atoms with Gasteiger partial charge in [0, 0.05) is 30.9 Å². The van der Waals surface area contributed by atoms with E-state index in [4.69, 9.17) is 10.00 Å². The summed E-state index contributed by atoms with van der Waals surface area (Å²) < 4.78 is 5.29. The van der Waals surface area contributed by atoms with Gasteiger partial charge >= 0.3 is 0 Å². The maximum atomic E-state index is 9.07. The van der Waals surface area contributed by atoms with Crippen LogP contribution in [0.5, 0.6) is 5.88 Å². The van der Waals surface area contributed by atoms with Gasteiger partial charge < -0.3 is 4.74 Å². The summed E-state index contributed by atoms with van der Waals surface area (Å²) in [6, 6.07) is 23.6. The number of methoxy groups -OCH3 is 1. The van der Waals surface area contributed by atoms with Crippen LogP contribution in [0.15, 0.2) is 85.5 Å². The zero-order chi connectivity index (χ0) is 44.0. The fourth-order valence-corrected chi connectivity index (χ4v) is 9.90. The standard InChI is InChI=1S/C19H22N2.C19H23NO.C18H21N/c1-12(2)17-8-14(5)9-18(19(17)13(3)4)15-6-7-21-16(10-15)11-20;1-12(2)19-16-7-5-6-15(16)13(3)10-17(19)14-8-9-20-18(11-14)21-4;1-12(2)18-16-6-4-5-15(16)13(3)11-17(18)14-7-9-19-10-8-14/h6-10,12-13H,1-5H3;8-12H,5-7H2,1-4H3;7-12H,4-6H2,1-3H3. The molecule has 3 aromatic heterocycles. The van der Waals surface area contributed by atoms with Crippen LogP contribution in [-0.4, -0.2) is 22.1 Å². The first-order valence-corrected chi connectivity index (χ1v) is 22.5. The maximum absolute atomic E-state index is 9.07. The summed E-state index contributed by atoms with van der Waals surface area (Å²) in [5.41, 5.74) is 24.5. The molecule has 6 aromatic rings. The highest BCUT2D eigenvalue weighted by Gasteiger charge is 2.24. The Morgan fingerprint density at radius 2 is 1.00 bits per heavy atom. The molecule has 0 saturated carbocycles. The average molecular weight is 811 g/mol. The molecule has 8 rings (SSSR count). The molecule has 0 radical (unpaired) electrons. The number of ether oxygens (including phenoxy) is 1. The highest BCUT2D eigenvalue weighted by Crippen LogP contribution is 2.42. The number of fused-ring (bicyclic) bond motifs is 2. The van der Waals surface area contributed by atoms with Crippen molar-refractivity contribution in [2.24, 2.45) is 0 Å². The fraction of sp³-hybridized carbons (Fsp3) is 0.393. The summed E-state index contributed by atoms with van der Waals surface area (Å²) in [6.07, 6.45) is 14.9. The molecule has 5 nitrogen and oxygen atoms in total. The molecule has 0 N–H and O–H groups in total. The first-order chi connectivity index (χ1) is 29.2. The lowest BCUT2D eigenvalue weighted by Gasteiger charge is -2.21. The van der Waals surface area contributed by atoms with Crippen LogP contribution in [0.3, 0.4) is 0 Å². The zero-order valence-corrected chi connectivity index (χ0v) is 38.8. The molecule has 61 heavy (non-hydrogen) atoms. The van der Waals surface area contributed by atoms with Gasteiger partial charge in [-0.3, -0.25) is 4.98 Å². The van der Waals surface area contributed by atoms with E-state index >= 15 is 0 Å². The molecule has 3 aromatic carbocycles.